The molecule has 4 rings (SSSR count). The maximum atomic E-state index is 8.86. The van der Waals surface area contributed by atoms with Crippen LogP contribution in [-0.4, -0.2) is 19.5 Å². The molecule has 1 saturated carbocycles. The van der Waals surface area contributed by atoms with Crippen molar-refractivity contribution in [3.8, 4) is 6.07 Å². The highest BCUT2D eigenvalue weighted by molar-refractivity contribution is 6.01. The molecule has 0 unspecified atom stereocenters. The molecule has 1 radical (unpaired) electrons. The summed E-state index contributed by atoms with van der Waals surface area (Å²) in [5, 5.41) is 9.97. The SMILES string of the molecule is [CH2]c1nc2cnc3[nH]ccc3c2n1C1CCC(CC#N)CC1. The van der Waals surface area contributed by atoms with Crippen LogP contribution in [0.25, 0.3) is 22.1 Å². The molecule has 3 heterocycles. The molecule has 5 heteroatoms. The maximum absolute atomic E-state index is 8.86. The minimum absolute atomic E-state index is 0.424. The zero-order valence-corrected chi connectivity index (χ0v) is 12.4. The average molecular weight is 292 g/mol. The highest BCUT2D eigenvalue weighted by atomic mass is 15.1. The normalized spacial score (nSPS) is 22.2. The molecule has 0 atom stereocenters. The van der Waals surface area contributed by atoms with Crippen LogP contribution in [0.2, 0.25) is 0 Å². The van der Waals surface area contributed by atoms with Crippen LogP contribution >= 0.6 is 0 Å². The van der Waals surface area contributed by atoms with Gasteiger partial charge in [0.25, 0.3) is 0 Å². The fourth-order valence-electron chi connectivity index (χ4n) is 3.77. The Morgan fingerprint density at radius 2 is 2.18 bits per heavy atom. The van der Waals surface area contributed by atoms with Gasteiger partial charge < -0.3 is 9.55 Å². The highest BCUT2D eigenvalue weighted by Crippen LogP contribution is 2.37. The lowest BCUT2D eigenvalue weighted by Crippen LogP contribution is -2.19. The summed E-state index contributed by atoms with van der Waals surface area (Å²) in [6.07, 6.45) is 8.82. The quantitative estimate of drug-likeness (QED) is 0.782. The largest absolute Gasteiger partial charge is 0.346 e. The zero-order chi connectivity index (χ0) is 15.1. The minimum Gasteiger partial charge on any atom is -0.346 e. The Kier molecular flexibility index (Phi) is 3.11. The number of hydrogen-bond donors (Lipinski definition) is 1. The molecule has 5 nitrogen and oxygen atoms in total. The van der Waals surface area contributed by atoms with Crippen LogP contribution in [0, 0.1) is 24.2 Å². The lowest BCUT2D eigenvalue weighted by atomic mass is 9.84. The fourth-order valence-corrected chi connectivity index (χ4v) is 3.77. The first-order valence-corrected chi connectivity index (χ1v) is 7.81. The predicted octanol–water partition coefficient (Wildman–Crippen LogP) is 3.74. The van der Waals surface area contributed by atoms with Crippen molar-refractivity contribution in [2.75, 3.05) is 0 Å². The van der Waals surface area contributed by atoms with Gasteiger partial charge in [-0.05, 0) is 37.7 Å². The smallest absolute Gasteiger partial charge is 0.139 e. The van der Waals surface area contributed by atoms with Crippen molar-refractivity contribution in [2.45, 2.75) is 38.1 Å². The topological polar surface area (TPSA) is 70.3 Å². The summed E-state index contributed by atoms with van der Waals surface area (Å²) in [5.41, 5.74) is 2.95. The van der Waals surface area contributed by atoms with Crippen molar-refractivity contribution in [2.24, 2.45) is 5.92 Å². The van der Waals surface area contributed by atoms with Gasteiger partial charge in [0, 0.05) is 31.0 Å². The molecule has 1 N–H and O–H groups in total. The molecular weight excluding hydrogens is 274 g/mol. The third-order valence-electron chi connectivity index (χ3n) is 4.87. The van der Waals surface area contributed by atoms with E-state index in [1.54, 1.807) is 0 Å². The molecule has 1 fully saturated rings. The lowest BCUT2D eigenvalue weighted by Gasteiger charge is -2.29. The van der Waals surface area contributed by atoms with E-state index in [-0.39, 0.29) is 0 Å². The van der Waals surface area contributed by atoms with E-state index >= 15 is 0 Å². The number of nitrogens with one attached hydrogen (secondary N) is 1. The summed E-state index contributed by atoms with van der Waals surface area (Å²) in [7, 11) is 0. The fraction of sp³-hybridized carbons (Fsp3) is 0.412. The summed E-state index contributed by atoms with van der Waals surface area (Å²) >= 11 is 0. The van der Waals surface area contributed by atoms with Crippen molar-refractivity contribution in [3.05, 3.63) is 31.2 Å². The summed E-state index contributed by atoms with van der Waals surface area (Å²) in [4.78, 5) is 12.2. The van der Waals surface area contributed by atoms with Gasteiger partial charge in [-0.25, -0.2) is 9.97 Å². The standard InChI is InChI=1S/C17H18N5/c1-11-21-15-10-20-17-14(7-9-19-17)16(15)22(11)13-4-2-12(3-5-13)6-8-18/h7,9-10,12-13H,1-6H2,(H,19,20). The number of nitrogens with zero attached hydrogens (tertiary/aromatic N) is 4. The van der Waals surface area contributed by atoms with Crippen LogP contribution < -0.4 is 0 Å². The van der Waals surface area contributed by atoms with E-state index in [4.69, 9.17) is 5.26 Å². The monoisotopic (exact) mass is 292 g/mol. The number of nitriles is 1. The molecule has 0 amide bonds. The molecule has 1 aliphatic rings. The van der Waals surface area contributed by atoms with Gasteiger partial charge in [0.05, 0.1) is 17.8 Å². The van der Waals surface area contributed by atoms with E-state index in [1.165, 1.54) is 0 Å². The number of H-pyrrole nitrogens is 1. The molecule has 3 aromatic rings. The van der Waals surface area contributed by atoms with Crippen LogP contribution in [-0.2, 0) is 0 Å². The predicted molar refractivity (Wildman–Crippen MR) is 85.1 cm³/mol. The van der Waals surface area contributed by atoms with E-state index in [0.717, 1.165) is 53.6 Å². The number of aromatic amines is 1. The second-order valence-corrected chi connectivity index (χ2v) is 6.17. The van der Waals surface area contributed by atoms with Crippen LogP contribution in [0.3, 0.4) is 0 Å². The van der Waals surface area contributed by atoms with E-state index in [2.05, 4.69) is 38.6 Å². The van der Waals surface area contributed by atoms with Crippen molar-refractivity contribution < 1.29 is 0 Å². The minimum atomic E-state index is 0.424. The van der Waals surface area contributed by atoms with Gasteiger partial charge in [0.15, 0.2) is 0 Å². The van der Waals surface area contributed by atoms with Gasteiger partial charge in [-0.1, -0.05) is 0 Å². The molecule has 3 aromatic heterocycles. The number of fused-ring (bicyclic) bond motifs is 3. The Balaban J connectivity index is 1.77. The number of imidazole rings is 1. The van der Waals surface area contributed by atoms with Crippen molar-refractivity contribution >= 4 is 22.1 Å². The summed E-state index contributed by atoms with van der Waals surface area (Å²) in [6, 6.07) is 4.79. The first-order chi connectivity index (χ1) is 10.8. The molecular formula is C17H18N5. The molecule has 0 spiro atoms. The van der Waals surface area contributed by atoms with E-state index in [9.17, 15) is 0 Å². The van der Waals surface area contributed by atoms with Gasteiger partial charge in [-0.2, -0.15) is 5.26 Å². The van der Waals surface area contributed by atoms with Gasteiger partial charge in [0.1, 0.15) is 17.0 Å². The van der Waals surface area contributed by atoms with E-state index in [1.807, 2.05) is 12.4 Å². The first kappa shape index (κ1) is 13.3. The maximum Gasteiger partial charge on any atom is 0.139 e. The average Bonchev–Trinajstić information content (AvgIpc) is 3.11. The summed E-state index contributed by atoms with van der Waals surface area (Å²) in [5.74, 6) is 1.37. The van der Waals surface area contributed by atoms with E-state index in [0.29, 0.717) is 18.4 Å². The second-order valence-electron chi connectivity index (χ2n) is 6.17. The molecule has 0 saturated heterocycles. The van der Waals surface area contributed by atoms with Crippen molar-refractivity contribution in [3.63, 3.8) is 0 Å². The third-order valence-corrected chi connectivity index (χ3v) is 4.87. The number of pyridine rings is 1. The van der Waals surface area contributed by atoms with Crippen LogP contribution in [0.5, 0.6) is 0 Å². The lowest BCUT2D eigenvalue weighted by molar-refractivity contribution is 0.280. The zero-order valence-electron chi connectivity index (χ0n) is 12.4. The highest BCUT2D eigenvalue weighted by Gasteiger charge is 2.25. The molecule has 1 aliphatic carbocycles. The van der Waals surface area contributed by atoms with E-state index < -0.39 is 0 Å². The van der Waals surface area contributed by atoms with Gasteiger partial charge in [-0.3, -0.25) is 0 Å². The summed E-state index contributed by atoms with van der Waals surface area (Å²) in [6.45, 7) is 4.14. The summed E-state index contributed by atoms with van der Waals surface area (Å²) < 4.78 is 2.29. The van der Waals surface area contributed by atoms with Gasteiger partial charge in [0.2, 0.25) is 0 Å². The van der Waals surface area contributed by atoms with Gasteiger partial charge >= 0.3 is 0 Å². The first-order valence-electron chi connectivity index (χ1n) is 7.81. The number of rotatable bonds is 2. The van der Waals surface area contributed by atoms with Crippen LogP contribution in [0.1, 0.15) is 44.0 Å². The Labute approximate surface area is 129 Å². The Hall–Kier alpha value is -2.35. The number of aromatic nitrogens is 4. The number of hydrogen-bond acceptors (Lipinski definition) is 3. The molecule has 0 aliphatic heterocycles. The Morgan fingerprint density at radius 1 is 1.36 bits per heavy atom. The molecule has 111 valence electrons. The Bertz CT molecular complexity index is 858. The second kappa shape index (κ2) is 5.13. The van der Waals surface area contributed by atoms with Crippen LogP contribution in [0.15, 0.2) is 18.5 Å². The molecule has 0 aromatic carbocycles. The Morgan fingerprint density at radius 3 is 2.95 bits per heavy atom. The third kappa shape index (κ3) is 1.98. The van der Waals surface area contributed by atoms with Crippen molar-refractivity contribution in [1.82, 2.24) is 19.5 Å². The van der Waals surface area contributed by atoms with Crippen LogP contribution in [0.4, 0.5) is 0 Å². The molecule has 22 heavy (non-hydrogen) atoms. The molecule has 0 bridgehead atoms. The van der Waals surface area contributed by atoms with Crippen molar-refractivity contribution in [1.29, 1.82) is 5.26 Å². The van der Waals surface area contributed by atoms with Gasteiger partial charge in [-0.15, -0.1) is 0 Å².